The second-order valence-electron chi connectivity index (χ2n) is 7.81. The first-order chi connectivity index (χ1) is 9.95. The molecular weight excluding hydrogens is 258 g/mol. The number of fused-ring (bicyclic) bond motifs is 2. The zero-order valence-electron chi connectivity index (χ0n) is 13.9. The maximum Gasteiger partial charge on any atom is 0.119 e. The minimum Gasteiger partial charge on any atom is -0.494 e. The van der Waals surface area contributed by atoms with Crippen LogP contribution in [0.1, 0.15) is 52.5 Å². The van der Waals surface area contributed by atoms with Gasteiger partial charge in [-0.2, -0.15) is 0 Å². The summed E-state index contributed by atoms with van der Waals surface area (Å²) in [5, 5.41) is 3.87. The fourth-order valence-corrected chi connectivity index (χ4v) is 4.90. The van der Waals surface area contributed by atoms with Gasteiger partial charge in [0.05, 0.1) is 6.61 Å². The molecule has 3 atom stereocenters. The van der Waals surface area contributed by atoms with Gasteiger partial charge in [0.1, 0.15) is 5.75 Å². The van der Waals surface area contributed by atoms with E-state index in [1.807, 2.05) is 6.92 Å². The Bertz CT molecular complexity index is 488. The predicted octanol–water partition coefficient (Wildman–Crippen LogP) is 4.39. The Morgan fingerprint density at radius 2 is 1.90 bits per heavy atom. The summed E-state index contributed by atoms with van der Waals surface area (Å²) in [7, 11) is 0. The van der Waals surface area contributed by atoms with Gasteiger partial charge in [0, 0.05) is 12.6 Å². The van der Waals surface area contributed by atoms with Crippen molar-refractivity contribution < 1.29 is 4.74 Å². The van der Waals surface area contributed by atoms with Crippen LogP contribution in [0.4, 0.5) is 0 Å². The third-order valence-electron chi connectivity index (χ3n) is 6.01. The highest BCUT2D eigenvalue weighted by atomic mass is 16.5. The topological polar surface area (TPSA) is 21.3 Å². The molecule has 1 aromatic rings. The number of ether oxygens (including phenoxy) is 1. The molecule has 21 heavy (non-hydrogen) atoms. The average molecular weight is 287 g/mol. The van der Waals surface area contributed by atoms with Gasteiger partial charge in [0.2, 0.25) is 0 Å². The Morgan fingerprint density at radius 1 is 1.19 bits per heavy atom. The molecule has 2 fully saturated rings. The van der Waals surface area contributed by atoms with Gasteiger partial charge in [-0.1, -0.05) is 32.9 Å². The van der Waals surface area contributed by atoms with E-state index in [-0.39, 0.29) is 0 Å². The fourth-order valence-electron chi connectivity index (χ4n) is 4.90. The van der Waals surface area contributed by atoms with Gasteiger partial charge in [0.15, 0.2) is 0 Å². The van der Waals surface area contributed by atoms with Crippen molar-refractivity contribution in [2.45, 2.75) is 59.5 Å². The molecule has 2 nitrogen and oxygen atoms in total. The molecule has 0 heterocycles. The van der Waals surface area contributed by atoms with Gasteiger partial charge in [-0.3, -0.25) is 0 Å². The lowest BCUT2D eigenvalue weighted by atomic mass is 9.68. The van der Waals surface area contributed by atoms with E-state index in [9.17, 15) is 0 Å². The average Bonchev–Trinajstić information content (AvgIpc) is 2.92. The van der Waals surface area contributed by atoms with E-state index in [0.29, 0.717) is 16.9 Å². The van der Waals surface area contributed by atoms with Crippen molar-refractivity contribution in [3.05, 3.63) is 29.8 Å². The fraction of sp³-hybridized carbons (Fsp3) is 0.684. The van der Waals surface area contributed by atoms with E-state index in [2.05, 4.69) is 50.4 Å². The molecule has 3 unspecified atom stereocenters. The molecule has 3 rings (SSSR count). The molecule has 2 aliphatic carbocycles. The predicted molar refractivity (Wildman–Crippen MR) is 87.5 cm³/mol. The van der Waals surface area contributed by atoms with Crippen molar-refractivity contribution >= 4 is 0 Å². The highest BCUT2D eigenvalue weighted by Gasteiger charge is 2.58. The third kappa shape index (κ3) is 2.59. The quantitative estimate of drug-likeness (QED) is 0.867. The largest absolute Gasteiger partial charge is 0.494 e. The SMILES string of the molecule is CCOc1ccc(CNC2C3(C)CCC(C3)C2(C)C)cc1. The van der Waals surface area contributed by atoms with E-state index in [1.54, 1.807) is 0 Å². The van der Waals surface area contributed by atoms with Crippen molar-refractivity contribution in [3.63, 3.8) is 0 Å². The van der Waals surface area contributed by atoms with Crippen LogP contribution in [-0.4, -0.2) is 12.6 Å². The Hall–Kier alpha value is -1.02. The van der Waals surface area contributed by atoms with Crippen molar-refractivity contribution in [3.8, 4) is 5.75 Å². The van der Waals surface area contributed by atoms with Crippen LogP contribution in [0.3, 0.4) is 0 Å². The highest BCUT2D eigenvalue weighted by molar-refractivity contribution is 5.27. The zero-order chi connectivity index (χ0) is 15.1. The van der Waals surface area contributed by atoms with Crippen molar-refractivity contribution in [2.75, 3.05) is 6.61 Å². The summed E-state index contributed by atoms with van der Waals surface area (Å²) in [5.41, 5.74) is 2.28. The zero-order valence-corrected chi connectivity index (χ0v) is 13.9. The number of rotatable bonds is 5. The van der Waals surface area contributed by atoms with Crippen molar-refractivity contribution in [2.24, 2.45) is 16.7 Å². The molecule has 116 valence electrons. The summed E-state index contributed by atoms with van der Waals surface area (Å²) in [6, 6.07) is 9.15. The summed E-state index contributed by atoms with van der Waals surface area (Å²) in [6.07, 6.45) is 4.22. The second kappa shape index (κ2) is 5.31. The summed E-state index contributed by atoms with van der Waals surface area (Å²) >= 11 is 0. The Labute approximate surface area is 129 Å². The van der Waals surface area contributed by atoms with Gasteiger partial charge in [0.25, 0.3) is 0 Å². The van der Waals surface area contributed by atoms with Crippen molar-refractivity contribution in [1.29, 1.82) is 0 Å². The van der Waals surface area contributed by atoms with E-state index in [0.717, 1.165) is 24.8 Å². The third-order valence-corrected chi connectivity index (χ3v) is 6.01. The van der Waals surface area contributed by atoms with Crippen LogP contribution in [0, 0.1) is 16.7 Å². The molecule has 2 bridgehead atoms. The van der Waals surface area contributed by atoms with Crippen LogP contribution in [-0.2, 0) is 6.54 Å². The number of benzene rings is 1. The molecule has 0 aromatic heterocycles. The van der Waals surface area contributed by atoms with E-state index in [4.69, 9.17) is 4.74 Å². The minimum atomic E-state index is 0.429. The lowest BCUT2D eigenvalue weighted by Crippen LogP contribution is -2.49. The smallest absolute Gasteiger partial charge is 0.119 e. The Balaban J connectivity index is 1.64. The summed E-state index contributed by atoms with van der Waals surface area (Å²) in [6.45, 7) is 11.1. The van der Waals surface area contributed by atoms with Gasteiger partial charge in [-0.05, 0) is 60.6 Å². The Kier molecular flexibility index (Phi) is 3.77. The van der Waals surface area contributed by atoms with Gasteiger partial charge in [-0.25, -0.2) is 0 Å². The highest BCUT2D eigenvalue weighted by Crippen LogP contribution is 2.62. The number of hydrogen-bond donors (Lipinski definition) is 1. The lowest BCUT2D eigenvalue weighted by Gasteiger charge is -2.43. The van der Waals surface area contributed by atoms with Gasteiger partial charge < -0.3 is 10.1 Å². The maximum absolute atomic E-state index is 5.51. The van der Waals surface area contributed by atoms with Crippen LogP contribution < -0.4 is 10.1 Å². The molecule has 0 spiro atoms. The molecule has 0 aliphatic heterocycles. The molecule has 0 saturated heterocycles. The second-order valence-corrected chi connectivity index (χ2v) is 7.81. The summed E-state index contributed by atoms with van der Waals surface area (Å²) in [4.78, 5) is 0. The molecule has 0 radical (unpaired) electrons. The van der Waals surface area contributed by atoms with E-state index < -0.39 is 0 Å². The number of hydrogen-bond acceptors (Lipinski definition) is 2. The molecule has 1 N–H and O–H groups in total. The maximum atomic E-state index is 5.51. The van der Waals surface area contributed by atoms with Gasteiger partial charge in [-0.15, -0.1) is 0 Å². The first-order valence-corrected chi connectivity index (χ1v) is 8.41. The molecule has 1 aromatic carbocycles. The molecule has 2 saturated carbocycles. The van der Waals surface area contributed by atoms with Crippen LogP contribution in [0.25, 0.3) is 0 Å². The summed E-state index contributed by atoms with van der Waals surface area (Å²) < 4.78 is 5.51. The normalized spacial score (nSPS) is 33.3. The first-order valence-electron chi connectivity index (χ1n) is 8.41. The van der Waals surface area contributed by atoms with Crippen LogP contribution in [0.15, 0.2) is 24.3 Å². The van der Waals surface area contributed by atoms with Crippen LogP contribution in [0.5, 0.6) is 5.75 Å². The standard InChI is InChI=1S/C19H29NO/c1-5-21-16-8-6-14(7-9-16)13-20-17-18(2,3)15-10-11-19(17,4)12-15/h6-9,15,17,20H,5,10-13H2,1-4H3. The van der Waals surface area contributed by atoms with Crippen molar-refractivity contribution in [1.82, 2.24) is 5.32 Å². The molecule has 0 amide bonds. The molecular formula is C19H29NO. The van der Waals surface area contributed by atoms with Crippen LogP contribution in [0.2, 0.25) is 0 Å². The number of nitrogens with one attached hydrogen (secondary N) is 1. The molecule has 2 aliphatic rings. The van der Waals surface area contributed by atoms with Crippen LogP contribution >= 0.6 is 0 Å². The van der Waals surface area contributed by atoms with Gasteiger partial charge >= 0.3 is 0 Å². The van der Waals surface area contributed by atoms with E-state index in [1.165, 1.54) is 24.8 Å². The lowest BCUT2D eigenvalue weighted by molar-refractivity contribution is 0.108. The van der Waals surface area contributed by atoms with E-state index >= 15 is 0 Å². The monoisotopic (exact) mass is 287 g/mol. The minimum absolute atomic E-state index is 0.429. The summed E-state index contributed by atoms with van der Waals surface area (Å²) in [5.74, 6) is 1.87. The molecule has 2 heteroatoms. The first kappa shape index (κ1) is 14.9. The Morgan fingerprint density at radius 3 is 2.48 bits per heavy atom.